The van der Waals surface area contributed by atoms with Crippen molar-refractivity contribution in [3.8, 4) is 11.5 Å². The fourth-order valence-corrected chi connectivity index (χ4v) is 2.60. The molecule has 7 nitrogen and oxygen atoms in total. The Morgan fingerprint density at radius 3 is 2.39 bits per heavy atom. The van der Waals surface area contributed by atoms with E-state index in [1.54, 1.807) is 13.3 Å². The lowest BCUT2D eigenvalue weighted by molar-refractivity contribution is 0.572. The third kappa shape index (κ3) is 5.09. The molecule has 3 rings (SSSR count). The molecule has 0 amide bonds. The van der Waals surface area contributed by atoms with Gasteiger partial charge in [-0.05, 0) is 31.2 Å². The van der Waals surface area contributed by atoms with Crippen LogP contribution in [-0.4, -0.2) is 37.1 Å². The molecule has 0 atom stereocenters. The van der Waals surface area contributed by atoms with Crippen molar-refractivity contribution in [2.75, 3.05) is 26.0 Å². The predicted molar refractivity (Wildman–Crippen MR) is 112 cm³/mol. The maximum absolute atomic E-state index is 5.60. The fraction of sp³-hybridized carbons (Fsp3) is 0.286. The largest absolute Gasteiger partial charge is 0.444 e. The molecule has 2 N–H and O–H groups in total. The van der Waals surface area contributed by atoms with E-state index in [1.807, 2.05) is 61.5 Å². The van der Waals surface area contributed by atoms with Crippen molar-refractivity contribution in [3.63, 3.8) is 0 Å². The van der Waals surface area contributed by atoms with Crippen molar-refractivity contribution in [2.45, 2.75) is 20.0 Å². The van der Waals surface area contributed by atoms with Gasteiger partial charge in [-0.3, -0.25) is 4.99 Å². The van der Waals surface area contributed by atoms with E-state index >= 15 is 0 Å². The second-order valence-corrected chi connectivity index (χ2v) is 6.67. The molecule has 0 aliphatic rings. The zero-order valence-corrected chi connectivity index (χ0v) is 16.7. The van der Waals surface area contributed by atoms with Gasteiger partial charge in [-0.25, -0.2) is 9.97 Å². The fourth-order valence-electron chi connectivity index (χ4n) is 2.60. The lowest BCUT2D eigenvalue weighted by Crippen LogP contribution is -2.36. The van der Waals surface area contributed by atoms with Crippen molar-refractivity contribution in [2.24, 2.45) is 4.99 Å². The van der Waals surface area contributed by atoms with Crippen molar-refractivity contribution < 1.29 is 4.42 Å². The Morgan fingerprint density at radius 1 is 1.00 bits per heavy atom. The van der Waals surface area contributed by atoms with Gasteiger partial charge >= 0.3 is 0 Å². The highest BCUT2D eigenvalue weighted by atomic mass is 16.3. The third-order valence-electron chi connectivity index (χ3n) is 4.20. The summed E-state index contributed by atoms with van der Waals surface area (Å²) in [5.74, 6) is 2.22. The molecular formula is C21H26N6O. The van der Waals surface area contributed by atoms with Crippen molar-refractivity contribution in [1.82, 2.24) is 20.6 Å². The topological polar surface area (TPSA) is 78.6 Å². The summed E-state index contributed by atoms with van der Waals surface area (Å²) in [5, 5.41) is 6.51. The zero-order valence-electron chi connectivity index (χ0n) is 16.7. The van der Waals surface area contributed by atoms with Gasteiger partial charge in [0.1, 0.15) is 12.1 Å². The van der Waals surface area contributed by atoms with Crippen LogP contribution in [0.2, 0.25) is 0 Å². The number of benzene rings is 1. The number of hydrogen-bond acceptors (Lipinski definition) is 5. The third-order valence-corrected chi connectivity index (χ3v) is 4.20. The molecule has 2 aromatic heterocycles. The molecule has 0 unspecified atom stereocenters. The summed E-state index contributed by atoms with van der Waals surface area (Å²) in [5.41, 5.74) is 3.92. The number of anilines is 1. The van der Waals surface area contributed by atoms with Crippen LogP contribution in [0, 0.1) is 6.92 Å². The molecule has 2 heterocycles. The second kappa shape index (κ2) is 9.03. The van der Waals surface area contributed by atoms with E-state index in [0.717, 1.165) is 22.8 Å². The first-order valence-corrected chi connectivity index (χ1v) is 9.14. The SMILES string of the molecule is CN=C(NCc1cccc(N(C)C)n1)NCc1coc(-c2ccc(C)cc2)n1. The molecule has 1 aromatic carbocycles. The number of rotatable bonds is 6. The van der Waals surface area contributed by atoms with Crippen LogP contribution in [0.4, 0.5) is 5.82 Å². The van der Waals surface area contributed by atoms with E-state index < -0.39 is 0 Å². The number of oxazole rings is 1. The number of pyridine rings is 1. The van der Waals surface area contributed by atoms with Gasteiger partial charge in [0.05, 0.1) is 24.5 Å². The van der Waals surface area contributed by atoms with Crippen LogP contribution < -0.4 is 15.5 Å². The lowest BCUT2D eigenvalue weighted by atomic mass is 10.1. The highest BCUT2D eigenvalue weighted by Crippen LogP contribution is 2.19. The van der Waals surface area contributed by atoms with E-state index in [9.17, 15) is 0 Å². The molecular weight excluding hydrogens is 352 g/mol. The number of aromatic nitrogens is 2. The van der Waals surface area contributed by atoms with Crippen molar-refractivity contribution in [3.05, 3.63) is 65.7 Å². The molecule has 0 spiro atoms. The average Bonchev–Trinajstić information content (AvgIpc) is 3.18. The van der Waals surface area contributed by atoms with Crippen LogP contribution in [0.3, 0.4) is 0 Å². The van der Waals surface area contributed by atoms with Gasteiger partial charge < -0.3 is 20.0 Å². The van der Waals surface area contributed by atoms with Crippen LogP contribution >= 0.6 is 0 Å². The van der Waals surface area contributed by atoms with Crippen LogP contribution in [0.5, 0.6) is 0 Å². The first-order valence-electron chi connectivity index (χ1n) is 9.14. The maximum atomic E-state index is 5.60. The van der Waals surface area contributed by atoms with Crippen molar-refractivity contribution >= 4 is 11.8 Å². The highest BCUT2D eigenvalue weighted by molar-refractivity contribution is 5.79. The molecule has 0 bridgehead atoms. The van der Waals surface area contributed by atoms with Crippen LogP contribution in [-0.2, 0) is 13.1 Å². The molecule has 3 aromatic rings. The smallest absolute Gasteiger partial charge is 0.226 e. The van der Waals surface area contributed by atoms with Crippen molar-refractivity contribution in [1.29, 1.82) is 0 Å². The summed E-state index contributed by atoms with van der Waals surface area (Å²) < 4.78 is 5.60. The summed E-state index contributed by atoms with van der Waals surface area (Å²) in [6, 6.07) is 14.1. The summed E-state index contributed by atoms with van der Waals surface area (Å²) in [6.07, 6.45) is 1.66. The van der Waals surface area contributed by atoms with Gasteiger partial charge in [-0.15, -0.1) is 0 Å². The Kier molecular flexibility index (Phi) is 6.26. The molecule has 0 saturated heterocycles. The molecule has 146 valence electrons. The quantitative estimate of drug-likeness (QED) is 0.507. The minimum Gasteiger partial charge on any atom is -0.444 e. The first kappa shape index (κ1) is 19.4. The summed E-state index contributed by atoms with van der Waals surface area (Å²) in [7, 11) is 5.69. The lowest BCUT2D eigenvalue weighted by Gasteiger charge is -2.14. The number of guanidine groups is 1. The molecule has 28 heavy (non-hydrogen) atoms. The summed E-state index contributed by atoms with van der Waals surface area (Å²) >= 11 is 0. The van der Waals surface area contributed by atoms with Crippen LogP contribution in [0.25, 0.3) is 11.5 Å². The highest BCUT2D eigenvalue weighted by Gasteiger charge is 2.08. The minimum absolute atomic E-state index is 0.514. The van der Waals surface area contributed by atoms with Gasteiger partial charge in [0.2, 0.25) is 5.89 Å². The Labute approximate surface area is 165 Å². The molecule has 0 aliphatic heterocycles. The van der Waals surface area contributed by atoms with E-state index in [2.05, 4.69) is 32.5 Å². The second-order valence-electron chi connectivity index (χ2n) is 6.67. The Hall–Kier alpha value is -3.35. The van der Waals surface area contributed by atoms with E-state index in [-0.39, 0.29) is 0 Å². The van der Waals surface area contributed by atoms with E-state index in [0.29, 0.717) is 24.9 Å². The summed E-state index contributed by atoms with van der Waals surface area (Å²) in [6.45, 7) is 3.15. The number of hydrogen-bond donors (Lipinski definition) is 2. The standard InChI is InChI=1S/C21H26N6O/c1-15-8-10-16(11-9-15)20-26-18(14-28-20)13-24-21(22-2)23-12-17-6-5-7-19(25-17)27(3)4/h5-11,14H,12-13H2,1-4H3,(H2,22,23,24). The summed E-state index contributed by atoms with van der Waals surface area (Å²) in [4.78, 5) is 15.4. The normalized spacial score (nSPS) is 11.4. The van der Waals surface area contributed by atoms with Gasteiger partial charge in [0.25, 0.3) is 0 Å². The molecule has 0 saturated carbocycles. The zero-order chi connectivity index (χ0) is 19.9. The number of nitrogens with one attached hydrogen (secondary N) is 2. The molecule has 0 fully saturated rings. The molecule has 7 heteroatoms. The number of aliphatic imine (C=N–C) groups is 1. The van der Waals surface area contributed by atoms with Crippen LogP contribution in [0.15, 0.2) is 58.1 Å². The van der Waals surface area contributed by atoms with Crippen LogP contribution in [0.1, 0.15) is 17.0 Å². The molecule has 0 radical (unpaired) electrons. The Morgan fingerprint density at radius 2 is 1.71 bits per heavy atom. The predicted octanol–water partition coefficient (Wildman–Crippen LogP) is 2.98. The Bertz CT molecular complexity index is 930. The number of nitrogens with zero attached hydrogens (tertiary/aromatic N) is 4. The van der Waals surface area contributed by atoms with Gasteiger partial charge in [0.15, 0.2) is 5.96 Å². The van der Waals surface area contributed by atoms with E-state index in [4.69, 9.17) is 4.42 Å². The van der Waals surface area contributed by atoms with Gasteiger partial charge in [0, 0.05) is 26.7 Å². The van der Waals surface area contributed by atoms with Gasteiger partial charge in [-0.1, -0.05) is 23.8 Å². The average molecular weight is 378 g/mol. The van der Waals surface area contributed by atoms with E-state index in [1.165, 1.54) is 5.56 Å². The monoisotopic (exact) mass is 378 g/mol. The Balaban J connectivity index is 1.54. The maximum Gasteiger partial charge on any atom is 0.226 e. The minimum atomic E-state index is 0.514. The number of aryl methyl sites for hydroxylation is 1. The van der Waals surface area contributed by atoms with Gasteiger partial charge in [-0.2, -0.15) is 0 Å². The first-order chi connectivity index (χ1) is 13.5. The molecule has 0 aliphatic carbocycles.